The molecule has 6 nitrogen and oxygen atoms in total. The molecule has 3 heterocycles. The number of urea groups is 1. The SMILES string of the molecule is CCc1nn(-c2ccccc2)c2c1CN(C(=O)Nc1cc(Cl)ccc1C)[C@H](c1ccc(F)cc1)c1cccn1-2. The number of aryl methyl sites for hydroxylation is 2. The van der Waals surface area contributed by atoms with Crippen molar-refractivity contribution in [2.24, 2.45) is 0 Å². The van der Waals surface area contributed by atoms with Crippen molar-refractivity contribution in [2.75, 3.05) is 5.32 Å². The molecule has 0 saturated heterocycles. The van der Waals surface area contributed by atoms with Gasteiger partial charge in [-0.1, -0.05) is 54.9 Å². The van der Waals surface area contributed by atoms with Crippen LogP contribution < -0.4 is 5.32 Å². The number of benzene rings is 3. The zero-order chi connectivity index (χ0) is 27.1. The summed E-state index contributed by atoms with van der Waals surface area (Å²) in [6.45, 7) is 4.30. The van der Waals surface area contributed by atoms with Gasteiger partial charge in [0.25, 0.3) is 0 Å². The number of anilines is 1. The van der Waals surface area contributed by atoms with Crippen LogP contribution in [0.2, 0.25) is 5.02 Å². The molecular weight excluding hydrogens is 513 g/mol. The molecule has 8 heteroatoms. The number of hydrogen-bond donors (Lipinski definition) is 1. The first kappa shape index (κ1) is 24.9. The highest BCUT2D eigenvalue weighted by Crippen LogP contribution is 2.39. The number of carbonyl (C=O) groups is 1. The fourth-order valence-corrected chi connectivity index (χ4v) is 5.43. The van der Waals surface area contributed by atoms with E-state index in [0.29, 0.717) is 23.7 Å². The van der Waals surface area contributed by atoms with E-state index in [0.717, 1.165) is 39.6 Å². The number of fused-ring (bicyclic) bond motifs is 3. The predicted molar refractivity (Wildman–Crippen MR) is 151 cm³/mol. The molecule has 0 bridgehead atoms. The molecule has 0 radical (unpaired) electrons. The number of rotatable bonds is 4. The van der Waals surface area contributed by atoms with Gasteiger partial charge < -0.3 is 14.8 Å². The summed E-state index contributed by atoms with van der Waals surface area (Å²) in [6.07, 6.45) is 2.69. The Balaban J connectivity index is 1.55. The van der Waals surface area contributed by atoms with Crippen LogP contribution in [-0.4, -0.2) is 25.3 Å². The molecule has 1 aliphatic rings. The number of hydrogen-bond acceptors (Lipinski definition) is 2. The van der Waals surface area contributed by atoms with Crippen LogP contribution in [0.3, 0.4) is 0 Å². The lowest BCUT2D eigenvalue weighted by Crippen LogP contribution is -2.38. The Bertz CT molecular complexity index is 1660. The lowest BCUT2D eigenvalue weighted by atomic mass is 10.0. The van der Waals surface area contributed by atoms with Gasteiger partial charge in [-0.3, -0.25) is 0 Å². The fourth-order valence-electron chi connectivity index (χ4n) is 5.26. The Labute approximate surface area is 231 Å². The highest BCUT2D eigenvalue weighted by molar-refractivity contribution is 6.31. The van der Waals surface area contributed by atoms with Gasteiger partial charge in [-0.25, -0.2) is 13.9 Å². The standard InChI is InChI=1S/C31H27ClFN5O/c1-3-26-25-19-37(31(39)34-27-18-22(32)14-11-20(27)2)29(21-12-15-23(33)16-13-21)28-10-7-17-36(28)30(25)38(35-26)24-8-5-4-6-9-24/h4-18,29H,3,19H2,1-2H3,(H,34,39)/t29-/m1/s1. The van der Waals surface area contributed by atoms with Gasteiger partial charge in [0.1, 0.15) is 11.6 Å². The monoisotopic (exact) mass is 539 g/mol. The molecule has 6 rings (SSSR count). The molecule has 0 spiro atoms. The van der Waals surface area contributed by atoms with Crippen molar-refractivity contribution in [3.8, 4) is 11.5 Å². The van der Waals surface area contributed by atoms with Crippen molar-refractivity contribution in [1.29, 1.82) is 0 Å². The number of para-hydroxylation sites is 1. The number of aromatic nitrogens is 3. The minimum absolute atomic E-state index is 0.287. The van der Waals surface area contributed by atoms with Crippen LogP contribution in [0.5, 0.6) is 0 Å². The molecule has 196 valence electrons. The summed E-state index contributed by atoms with van der Waals surface area (Å²) in [4.78, 5) is 15.9. The Kier molecular flexibility index (Phi) is 6.45. The summed E-state index contributed by atoms with van der Waals surface area (Å²) in [5.74, 6) is 0.559. The minimum atomic E-state index is -0.485. The highest BCUT2D eigenvalue weighted by atomic mass is 35.5. The van der Waals surface area contributed by atoms with E-state index in [1.165, 1.54) is 12.1 Å². The first-order valence-electron chi connectivity index (χ1n) is 12.9. The largest absolute Gasteiger partial charge is 0.322 e. The van der Waals surface area contributed by atoms with E-state index < -0.39 is 6.04 Å². The van der Waals surface area contributed by atoms with E-state index in [-0.39, 0.29) is 11.8 Å². The Morgan fingerprint density at radius 2 is 1.82 bits per heavy atom. The molecule has 0 saturated carbocycles. The van der Waals surface area contributed by atoms with Gasteiger partial charge in [0, 0.05) is 22.5 Å². The molecule has 1 aliphatic heterocycles. The normalized spacial score (nSPS) is 14.5. The third kappa shape index (κ3) is 4.49. The molecule has 0 aliphatic carbocycles. The van der Waals surface area contributed by atoms with E-state index in [1.54, 1.807) is 29.2 Å². The molecule has 2 amide bonds. The third-order valence-corrected chi connectivity index (χ3v) is 7.43. The zero-order valence-corrected chi connectivity index (χ0v) is 22.4. The average molecular weight is 540 g/mol. The Morgan fingerprint density at radius 1 is 1.05 bits per heavy atom. The second kappa shape index (κ2) is 10.1. The van der Waals surface area contributed by atoms with E-state index in [9.17, 15) is 9.18 Å². The predicted octanol–water partition coefficient (Wildman–Crippen LogP) is 7.46. The van der Waals surface area contributed by atoms with Gasteiger partial charge in [0.05, 0.1) is 29.7 Å². The molecule has 2 aromatic heterocycles. The number of halogens is 2. The zero-order valence-electron chi connectivity index (χ0n) is 21.6. The van der Waals surface area contributed by atoms with E-state index in [2.05, 4.69) is 16.8 Å². The van der Waals surface area contributed by atoms with E-state index in [4.69, 9.17) is 16.7 Å². The van der Waals surface area contributed by atoms with Gasteiger partial charge in [0.15, 0.2) is 0 Å². The van der Waals surface area contributed by atoms with Crippen molar-refractivity contribution in [1.82, 2.24) is 19.2 Å². The van der Waals surface area contributed by atoms with Crippen molar-refractivity contribution in [3.05, 3.63) is 130 Å². The first-order valence-corrected chi connectivity index (χ1v) is 13.3. The quantitative estimate of drug-likeness (QED) is 0.258. The second-order valence-electron chi connectivity index (χ2n) is 9.62. The maximum atomic E-state index is 14.1. The molecule has 39 heavy (non-hydrogen) atoms. The van der Waals surface area contributed by atoms with Crippen LogP contribution in [0.1, 0.15) is 41.0 Å². The number of nitrogens with zero attached hydrogens (tertiary/aromatic N) is 4. The molecule has 5 aromatic rings. The average Bonchev–Trinajstić information content (AvgIpc) is 3.53. The van der Waals surface area contributed by atoms with Crippen LogP contribution in [0.15, 0.2) is 91.1 Å². The Morgan fingerprint density at radius 3 is 2.56 bits per heavy atom. The van der Waals surface area contributed by atoms with E-state index >= 15 is 0 Å². The maximum Gasteiger partial charge on any atom is 0.322 e. The fraction of sp³-hybridized carbons (Fsp3) is 0.161. The molecular formula is C31H27ClFN5O. The summed E-state index contributed by atoms with van der Waals surface area (Å²) in [7, 11) is 0. The second-order valence-corrected chi connectivity index (χ2v) is 10.1. The number of amides is 2. The summed E-state index contributed by atoms with van der Waals surface area (Å²) in [5, 5.41) is 8.60. The number of carbonyl (C=O) groups excluding carboxylic acids is 1. The topological polar surface area (TPSA) is 55.1 Å². The third-order valence-electron chi connectivity index (χ3n) is 7.19. The van der Waals surface area contributed by atoms with Crippen molar-refractivity contribution in [3.63, 3.8) is 0 Å². The van der Waals surface area contributed by atoms with Crippen LogP contribution >= 0.6 is 11.6 Å². The van der Waals surface area contributed by atoms with Crippen molar-refractivity contribution in [2.45, 2.75) is 32.9 Å². The smallest absolute Gasteiger partial charge is 0.307 e. The Hall–Kier alpha value is -4.36. The summed E-state index contributed by atoms with van der Waals surface area (Å²) in [6, 6.07) is 24.9. The van der Waals surface area contributed by atoms with Gasteiger partial charge in [-0.05, 0) is 73.0 Å². The molecule has 0 fully saturated rings. The van der Waals surface area contributed by atoms with Crippen LogP contribution in [0.4, 0.5) is 14.9 Å². The van der Waals surface area contributed by atoms with Gasteiger partial charge >= 0.3 is 6.03 Å². The van der Waals surface area contributed by atoms with Crippen molar-refractivity contribution < 1.29 is 9.18 Å². The highest BCUT2D eigenvalue weighted by Gasteiger charge is 2.36. The van der Waals surface area contributed by atoms with E-state index in [1.807, 2.05) is 66.3 Å². The molecule has 3 aromatic carbocycles. The van der Waals surface area contributed by atoms with Crippen LogP contribution in [0, 0.1) is 12.7 Å². The van der Waals surface area contributed by atoms with Crippen LogP contribution in [0.25, 0.3) is 11.5 Å². The summed E-state index contributed by atoms with van der Waals surface area (Å²) < 4.78 is 18.0. The molecule has 1 atom stereocenters. The van der Waals surface area contributed by atoms with Gasteiger partial charge in [0.2, 0.25) is 0 Å². The summed E-state index contributed by atoms with van der Waals surface area (Å²) in [5.41, 5.74) is 6.01. The molecule has 0 unspecified atom stereocenters. The maximum absolute atomic E-state index is 14.1. The van der Waals surface area contributed by atoms with Crippen LogP contribution in [-0.2, 0) is 13.0 Å². The molecule has 1 N–H and O–H groups in total. The summed E-state index contributed by atoms with van der Waals surface area (Å²) >= 11 is 6.26. The van der Waals surface area contributed by atoms with Crippen molar-refractivity contribution >= 4 is 23.3 Å². The van der Waals surface area contributed by atoms with Gasteiger partial charge in [-0.2, -0.15) is 5.10 Å². The number of nitrogens with one attached hydrogen (secondary N) is 1. The minimum Gasteiger partial charge on any atom is -0.307 e. The lowest BCUT2D eigenvalue weighted by molar-refractivity contribution is 0.194. The lowest BCUT2D eigenvalue weighted by Gasteiger charge is -2.31. The first-order chi connectivity index (χ1) is 18.9. The van der Waals surface area contributed by atoms with Gasteiger partial charge in [-0.15, -0.1) is 0 Å².